The van der Waals surface area contributed by atoms with Crippen LogP contribution in [0.1, 0.15) is 68.2 Å². The second-order valence-electron chi connectivity index (χ2n) is 4.92. The first-order valence-electron chi connectivity index (χ1n) is 8.98. The topological polar surface area (TPSA) is 95.6 Å². The zero-order valence-corrected chi connectivity index (χ0v) is 16.4. The number of imide groups is 2. The molecule has 2 N–H and O–H groups in total. The number of fused-ring (bicyclic) bond motifs is 1. The number of carbonyl (C=O) groups is 4. The SMILES string of the molecule is CC.CC.CCCC(C(=O)NC=O)N1C(=O)c2ccc(NC)cc2C1=O. The van der Waals surface area contributed by atoms with Gasteiger partial charge in [-0.1, -0.05) is 41.0 Å². The second-order valence-corrected chi connectivity index (χ2v) is 4.92. The Morgan fingerprint density at radius 2 is 1.69 bits per heavy atom. The van der Waals surface area contributed by atoms with Gasteiger partial charge in [0.1, 0.15) is 6.04 Å². The molecule has 4 amide bonds. The van der Waals surface area contributed by atoms with Gasteiger partial charge in [-0.3, -0.25) is 29.4 Å². The lowest BCUT2D eigenvalue weighted by atomic mass is 10.1. The number of benzene rings is 1. The van der Waals surface area contributed by atoms with Crippen LogP contribution < -0.4 is 10.6 Å². The van der Waals surface area contributed by atoms with Gasteiger partial charge in [0.25, 0.3) is 11.8 Å². The summed E-state index contributed by atoms with van der Waals surface area (Å²) in [5, 5.41) is 4.92. The number of carbonyl (C=O) groups excluding carboxylic acids is 4. The minimum Gasteiger partial charge on any atom is -0.388 e. The summed E-state index contributed by atoms with van der Waals surface area (Å²) < 4.78 is 0. The number of anilines is 1. The van der Waals surface area contributed by atoms with Gasteiger partial charge in [0, 0.05) is 12.7 Å². The largest absolute Gasteiger partial charge is 0.388 e. The Bertz CT molecular complexity index is 644. The van der Waals surface area contributed by atoms with Crippen molar-refractivity contribution in [1.82, 2.24) is 10.2 Å². The summed E-state index contributed by atoms with van der Waals surface area (Å²) in [6.07, 6.45) is 1.14. The first-order valence-corrected chi connectivity index (χ1v) is 8.98. The van der Waals surface area contributed by atoms with Crippen LogP contribution >= 0.6 is 0 Å². The van der Waals surface area contributed by atoms with Gasteiger partial charge in [-0.25, -0.2) is 0 Å². The Labute approximate surface area is 155 Å². The van der Waals surface area contributed by atoms with E-state index in [0.717, 1.165) is 4.90 Å². The summed E-state index contributed by atoms with van der Waals surface area (Å²) in [7, 11) is 1.71. The van der Waals surface area contributed by atoms with Crippen molar-refractivity contribution in [3.05, 3.63) is 29.3 Å². The van der Waals surface area contributed by atoms with Gasteiger partial charge in [0.2, 0.25) is 12.3 Å². The maximum absolute atomic E-state index is 12.5. The fourth-order valence-electron chi connectivity index (χ4n) is 2.50. The lowest BCUT2D eigenvalue weighted by Gasteiger charge is -2.23. The lowest BCUT2D eigenvalue weighted by molar-refractivity contribution is -0.128. The van der Waals surface area contributed by atoms with Gasteiger partial charge in [0.15, 0.2) is 0 Å². The first kappa shape index (κ1) is 23.3. The molecule has 0 aliphatic carbocycles. The molecule has 1 atom stereocenters. The third kappa shape index (κ3) is 4.91. The Balaban J connectivity index is 0.00000146. The van der Waals surface area contributed by atoms with Crippen LogP contribution in [0.2, 0.25) is 0 Å². The highest BCUT2D eigenvalue weighted by molar-refractivity contribution is 6.23. The third-order valence-electron chi connectivity index (χ3n) is 3.58. The van der Waals surface area contributed by atoms with E-state index in [1.165, 1.54) is 0 Å². The molecular formula is C19H29N3O4. The Morgan fingerprint density at radius 3 is 2.19 bits per heavy atom. The number of nitrogens with one attached hydrogen (secondary N) is 2. The van der Waals surface area contributed by atoms with Gasteiger partial charge in [-0.15, -0.1) is 0 Å². The number of hydrogen-bond donors (Lipinski definition) is 2. The molecule has 1 aliphatic rings. The van der Waals surface area contributed by atoms with Crippen molar-refractivity contribution in [3.63, 3.8) is 0 Å². The molecule has 0 saturated carbocycles. The molecule has 0 radical (unpaired) electrons. The Hall–Kier alpha value is -2.70. The van der Waals surface area contributed by atoms with Crippen molar-refractivity contribution >= 4 is 29.8 Å². The molecular weight excluding hydrogens is 334 g/mol. The highest BCUT2D eigenvalue weighted by Crippen LogP contribution is 2.28. The molecule has 7 nitrogen and oxygen atoms in total. The fraction of sp³-hybridized carbons (Fsp3) is 0.474. The van der Waals surface area contributed by atoms with Gasteiger partial charge in [0.05, 0.1) is 11.1 Å². The molecule has 0 aromatic heterocycles. The van der Waals surface area contributed by atoms with Crippen molar-refractivity contribution in [1.29, 1.82) is 0 Å². The summed E-state index contributed by atoms with van der Waals surface area (Å²) in [6.45, 7) is 9.83. The van der Waals surface area contributed by atoms with Gasteiger partial charge in [-0.05, 0) is 24.6 Å². The molecule has 1 unspecified atom stereocenters. The first-order chi connectivity index (χ1) is 12.5. The van der Waals surface area contributed by atoms with Crippen molar-refractivity contribution in [2.45, 2.75) is 53.5 Å². The highest BCUT2D eigenvalue weighted by atomic mass is 16.2. The molecule has 0 fully saturated rings. The average Bonchev–Trinajstić information content (AvgIpc) is 2.93. The minimum absolute atomic E-state index is 0.252. The van der Waals surface area contributed by atoms with Crippen molar-refractivity contribution in [2.24, 2.45) is 0 Å². The Morgan fingerprint density at radius 1 is 1.12 bits per heavy atom. The summed E-state index contributed by atoms with van der Waals surface area (Å²) >= 11 is 0. The van der Waals surface area contributed by atoms with E-state index in [-0.39, 0.29) is 17.5 Å². The second kappa shape index (κ2) is 11.8. The molecule has 0 spiro atoms. The summed E-state index contributed by atoms with van der Waals surface area (Å²) in [6, 6.07) is 3.84. The average molecular weight is 363 g/mol. The monoisotopic (exact) mass is 363 g/mol. The summed E-state index contributed by atoms with van der Waals surface area (Å²) in [5.41, 5.74) is 1.23. The van der Waals surface area contributed by atoms with E-state index in [9.17, 15) is 19.2 Å². The number of nitrogens with zero attached hydrogens (tertiary/aromatic N) is 1. The number of hydrogen-bond acceptors (Lipinski definition) is 5. The van der Waals surface area contributed by atoms with Crippen LogP contribution in [0.4, 0.5) is 5.69 Å². The molecule has 2 rings (SSSR count). The quantitative estimate of drug-likeness (QED) is 0.598. The van der Waals surface area contributed by atoms with Crippen LogP contribution in [0.25, 0.3) is 0 Å². The highest BCUT2D eigenvalue weighted by Gasteiger charge is 2.42. The zero-order valence-electron chi connectivity index (χ0n) is 16.4. The fourth-order valence-corrected chi connectivity index (χ4v) is 2.50. The zero-order chi connectivity index (χ0) is 20.3. The van der Waals surface area contributed by atoms with Crippen molar-refractivity contribution in [3.8, 4) is 0 Å². The minimum atomic E-state index is -0.986. The van der Waals surface area contributed by atoms with E-state index in [4.69, 9.17) is 0 Å². The van der Waals surface area contributed by atoms with Crippen LogP contribution in [0.15, 0.2) is 18.2 Å². The standard InChI is InChI=1S/C15H17N3O4.2C2H6/c1-3-4-12(13(20)17-8-19)18-14(21)10-6-5-9(16-2)7-11(10)15(18)22;2*1-2/h5-8,12,16H,3-4H2,1-2H3,(H,17,19,20);2*1-2H3. The predicted octanol–water partition coefficient (Wildman–Crippen LogP) is 2.82. The molecule has 1 heterocycles. The van der Waals surface area contributed by atoms with E-state index < -0.39 is 23.8 Å². The van der Waals surface area contributed by atoms with Crippen LogP contribution in [0.3, 0.4) is 0 Å². The van der Waals surface area contributed by atoms with E-state index in [1.54, 1.807) is 25.2 Å². The molecule has 1 aromatic carbocycles. The van der Waals surface area contributed by atoms with Gasteiger partial charge >= 0.3 is 0 Å². The van der Waals surface area contributed by atoms with Crippen LogP contribution in [-0.4, -0.2) is 42.1 Å². The van der Waals surface area contributed by atoms with Gasteiger partial charge < -0.3 is 5.32 Å². The molecule has 144 valence electrons. The molecule has 1 aliphatic heterocycles. The smallest absolute Gasteiger partial charge is 0.262 e. The van der Waals surface area contributed by atoms with E-state index in [0.29, 0.717) is 18.5 Å². The van der Waals surface area contributed by atoms with Crippen LogP contribution in [-0.2, 0) is 9.59 Å². The van der Waals surface area contributed by atoms with Crippen LogP contribution in [0.5, 0.6) is 0 Å². The van der Waals surface area contributed by atoms with Gasteiger partial charge in [-0.2, -0.15) is 0 Å². The van der Waals surface area contributed by atoms with Crippen molar-refractivity contribution < 1.29 is 19.2 Å². The van der Waals surface area contributed by atoms with Crippen molar-refractivity contribution in [2.75, 3.05) is 12.4 Å². The van der Waals surface area contributed by atoms with E-state index >= 15 is 0 Å². The summed E-state index contributed by atoms with van der Waals surface area (Å²) in [4.78, 5) is 48.4. The van der Waals surface area contributed by atoms with E-state index in [2.05, 4.69) is 5.32 Å². The maximum atomic E-state index is 12.5. The molecule has 7 heteroatoms. The number of rotatable bonds is 6. The molecule has 0 bridgehead atoms. The normalized spacial score (nSPS) is 12.8. The molecule has 0 saturated heterocycles. The predicted molar refractivity (Wildman–Crippen MR) is 102 cm³/mol. The van der Waals surface area contributed by atoms with Crippen LogP contribution in [0, 0.1) is 0 Å². The lowest BCUT2D eigenvalue weighted by Crippen LogP contribution is -2.49. The van der Waals surface area contributed by atoms with E-state index in [1.807, 2.05) is 39.9 Å². The number of amides is 4. The Kier molecular flexibility index (Phi) is 10.6. The maximum Gasteiger partial charge on any atom is 0.262 e. The third-order valence-corrected chi connectivity index (χ3v) is 3.58. The molecule has 26 heavy (non-hydrogen) atoms. The summed E-state index contributed by atoms with van der Waals surface area (Å²) in [5.74, 6) is -1.68. The molecule has 1 aromatic rings.